The van der Waals surface area contributed by atoms with Gasteiger partial charge in [-0.1, -0.05) is 18.2 Å². The lowest BCUT2D eigenvalue weighted by Crippen LogP contribution is -2.19. The molecule has 0 saturated heterocycles. The summed E-state index contributed by atoms with van der Waals surface area (Å²) in [6.07, 6.45) is -1.27. The number of rotatable bonds is 4. The van der Waals surface area contributed by atoms with Crippen molar-refractivity contribution in [2.45, 2.75) is 33.8 Å². The SMILES string of the molecule is Cc1ccn(-c2cc(-c3ccc(OC(C)(F)F)c(C)c3)ccc2C)n1. The van der Waals surface area contributed by atoms with Crippen LogP contribution in [-0.4, -0.2) is 15.9 Å². The second kappa shape index (κ2) is 6.31. The Morgan fingerprint density at radius 3 is 2.20 bits per heavy atom. The van der Waals surface area contributed by atoms with Gasteiger partial charge in [0.15, 0.2) is 0 Å². The third-order valence-corrected chi connectivity index (χ3v) is 3.98. The summed E-state index contributed by atoms with van der Waals surface area (Å²) in [6.45, 7) is 6.47. The zero-order chi connectivity index (χ0) is 18.2. The molecule has 0 aliphatic heterocycles. The highest BCUT2D eigenvalue weighted by Gasteiger charge is 2.24. The van der Waals surface area contributed by atoms with E-state index in [1.54, 1.807) is 19.1 Å². The summed E-state index contributed by atoms with van der Waals surface area (Å²) < 4.78 is 32.7. The first-order valence-corrected chi connectivity index (χ1v) is 8.04. The van der Waals surface area contributed by atoms with E-state index < -0.39 is 6.11 Å². The van der Waals surface area contributed by atoms with Crippen LogP contribution in [-0.2, 0) is 0 Å². The van der Waals surface area contributed by atoms with Gasteiger partial charge in [0, 0.05) is 13.1 Å². The van der Waals surface area contributed by atoms with Crippen molar-refractivity contribution in [3.8, 4) is 22.6 Å². The number of hydrogen-bond acceptors (Lipinski definition) is 2. The molecule has 5 heteroatoms. The predicted molar refractivity (Wildman–Crippen MR) is 94.5 cm³/mol. The van der Waals surface area contributed by atoms with Crippen molar-refractivity contribution in [1.82, 2.24) is 9.78 Å². The van der Waals surface area contributed by atoms with E-state index in [-0.39, 0.29) is 5.75 Å². The number of aromatic nitrogens is 2. The summed E-state index contributed by atoms with van der Waals surface area (Å²) in [5, 5.41) is 4.46. The Balaban J connectivity index is 1.98. The van der Waals surface area contributed by atoms with Crippen LogP contribution >= 0.6 is 0 Å². The fourth-order valence-electron chi connectivity index (χ4n) is 2.72. The molecule has 0 amide bonds. The van der Waals surface area contributed by atoms with Crippen molar-refractivity contribution in [3.63, 3.8) is 0 Å². The Labute approximate surface area is 145 Å². The molecule has 0 aliphatic carbocycles. The minimum absolute atomic E-state index is 0.186. The van der Waals surface area contributed by atoms with E-state index in [4.69, 9.17) is 4.74 Å². The van der Waals surface area contributed by atoms with Gasteiger partial charge < -0.3 is 4.74 Å². The number of ether oxygens (including phenoxy) is 1. The highest BCUT2D eigenvalue weighted by molar-refractivity contribution is 5.69. The van der Waals surface area contributed by atoms with Gasteiger partial charge in [0.2, 0.25) is 0 Å². The van der Waals surface area contributed by atoms with E-state index in [9.17, 15) is 8.78 Å². The molecule has 130 valence electrons. The highest BCUT2D eigenvalue weighted by Crippen LogP contribution is 2.31. The maximum absolute atomic E-state index is 13.1. The van der Waals surface area contributed by atoms with Gasteiger partial charge >= 0.3 is 6.11 Å². The Hall–Kier alpha value is -2.69. The number of hydrogen-bond donors (Lipinski definition) is 0. The highest BCUT2D eigenvalue weighted by atomic mass is 19.3. The fourth-order valence-corrected chi connectivity index (χ4v) is 2.72. The van der Waals surface area contributed by atoms with Gasteiger partial charge in [-0.15, -0.1) is 0 Å². The van der Waals surface area contributed by atoms with E-state index in [2.05, 4.69) is 5.10 Å². The first-order valence-electron chi connectivity index (χ1n) is 8.04. The van der Waals surface area contributed by atoms with Gasteiger partial charge in [0.1, 0.15) is 5.75 Å². The Bertz CT molecular complexity index is 910. The van der Waals surface area contributed by atoms with Crippen LogP contribution in [0.5, 0.6) is 5.75 Å². The Morgan fingerprint density at radius 1 is 0.920 bits per heavy atom. The summed E-state index contributed by atoms with van der Waals surface area (Å²) in [6, 6.07) is 13.3. The lowest BCUT2D eigenvalue weighted by molar-refractivity contribution is -0.159. The minimum atomic E-state index is -3.19. The van der Waals surface area contributed by atoms with Gasteiger partial charge in [-0.05, 0) is 67.3 Å². The second-order valence-corrected chi connectivity index (χ2v) is 6.29. The minimum Gasteiger partial charge on any atom is -0.433 e. The average Bonchev–Trinajstić information content (AvgIpc) is 2.95. The van der Waals surface area contributed by atoms with E-state index >= 15 is 0 Å². The Morgan fingerprint density at radius 2 is 1.60 bits per heavy atom. The van der Waals surface area contributed by atoms with Crippen LogP contribution in [0.2, 0.25) is 0 Å². The van der Waals surface area contributed by atoms with Gasteiger partial charge in [0.25, 0.3) is 0 Å². The van der Waals surface area contributed by atoms with Crippen LogP contribution in [0.15, 0.2) is 48.7 Å². The summed E-state index contributed by atoms with van der Waals surface area (Å²) in [5.74, 6) is 0.186. The van der Waals surface area contributed by atoms with Crippen LogP contribution in [0.3, 0.4) is 0 Å². The molecular weight excluding hydrogens is 322 g/mol. The standard InChI is InChI=1S/C20H20F2N2O/c1-13-5-6-17(12-18(13)24-10-9-15(3)23-24)16-7-8-19(14(2)11-16)25-20(4,21)22/h5-12H,1-4H3. The molecule has 0 radical (unpaired) electrons. The zero-order valence-electron chi connectivity index (χ0n) is 14.7. The van der Waals surface area contributed by atoms with Gasteiger partial charge in [-0.25, -0.2) is 4.68 Å². The van der Waals surface area contributed by atoms with Gasteiger partial charge in [-0.3, -0.25) is 0 Å². The first-order chi connectivity index (χ1) is 11.7. The number of halogens is 2. The zero-order valence-corrected chi connectivity index (χ0v) is 14.7. The van der Waals surface area contributed by atoms with Crippen LogP contribution in [0.1, 0.15) is 23.7 Å². The molecule has 1 heterocycles. The van der Waals surface area contributed by atoms with Crippen molar-refractivity contribution in [2.24, 2.45) is 0 Å². The lowest BCUT2D eigenvalue weighted by Gasteiger charge is -2.16. The van der Waals surface area contributed by atoms with E-state index in [0.717, 1.165) is 35.0 Å². The largest absolute Gasteiger partial charge is 0.433 e. The smallest absolute Gasteiger partial charge is 0.394 e. The molecule has 0 N–H and O–H groups in total. The Kier molecular flexibility index (Phi) is 4.33. The molecular formula is C20H20F2N2O. The second-order valence-electron chi connectivity index (χ2n) is 6.29. The molecule has 0 saturated carbocycles. The van der Waals surface area contributed by atoms with E-state index in [1.807, 2.05) is 55.1 Å². The molecule has 0 spiro atoms. The van der Waals surface area contributed by atoms with Crippen molar-refractivity contribution in [2.75, 3.05) is 0 Å². The molecule has 2 aromatic carbocycles. The molecule has 0 bridgehead atoms. The summed E-state index contributed by atoms with van der Waals surface area (Å²) >= 11 is 0. The number of benzene rings is 2. The number of alkyl halides is 2. The lowest BCUT2D eigenvalue weighted by atomic mass is 10.0. The molecule has 3 rings (SSSR count). The summed E-state index contributed by atoms with van der Waals surface area (Å²) in [5.41, 5.74) is 5.64. The number of nitrogens with zero attached hydrogens (tertiary/aromatic N) is 2. The summed E-state index contributed by atoms with van der Waals surface area (Å²) in [4.78, 5) is 0. The molecule has 25 heavy (non-hydrogen) atoms. The maximum atomic E-state index is 13.1. The van der Waals surface area contributed by atoms with Crippen molar-refractivity contribution < 1.29 is 13.5 Å². The normalized spacial score (nSPS) is 11.6. The first kappa shape index (κ1) is 17.1. The van der Waals surface area contributed by atoms with E-state index in [1.165, 1.54) is 0 Å². The molecule has 0 fully saturated rings. The quantitative estimate of drug-likeness (QED) is 0.630. The fraction of sp³-hybridized carbons (Fsp3) is 0.250. The molecule has 0 atom stereocenters. The molecule has 0 aliphatic rings. The van der Waals surface area contributed by atoms with Crippen LogP contribution in [0.4, 0.5) is 8.78 Å². The molecule has 3 aromatic rings. The van der Waals surface area contributed by atoms with Crippen LogP contribution in [0.25, 0.3) is 16.8 Å². The van der Waals surface area contributed by atoms with Crippen molar-refractivity contribution in [1.29, 1.82) is 0 Å². The molecule has 3 nitrogen and oxygen atoms in total. The monoisotopic (exact) mass is 342 g/mol. The topological polar surface area (TPSA) is 27.1 Å². The van der Waals surface area contributed by atoms with Gasteiger partial charge in [0.05, 0.1) is 11.4 Å². The molecule has 0 unspecified atom stereocenters. The van der Waals surface area contributed by atoms with E-state index in [0.29, 0.717) is 5.56 Å². The van der Waals surface area contributed by atoms with Crippen LogP contribution in [0, 0.1) is 20.8 Å². The summed E-state index contributed by atoms with van der Waals surface area (Å²) in [7, 11) is 0. The van der Waals surface area contributed by atoms with Gasteiger partial charge in [-0.2, -0.15) is 13.9 Å². The van der Waals surface area contributed by atoms with Crippen molar-refractivity contribution >= 4 is 0 Å². The van der Waals surface area contributed by atoms with Crippen molar-refractivity contribution in [3.05, 3.63) is 65.5 Å². The predicted octanol–water partition coefficient (Wildman–Crippen LogP) is 5.46. The molecule has 1 aromatic heterocycles. The van der Waals surface area contributed by atoms with Crippen LogP contribution < -0.4 is 4.74 Å². The average molecular weight is 342 g/mol. The third-order valence-electron chi connectivity index (χ3n) is 3.98. The maximum Gasteiger partial charge on any atom is 0.394 e. The third kappa shape index (κ3) is 3.87. The number of aryl methyl sites for hydroxylation is 3.